The van der Waals surface area contributed by atoms with E-state index in [1.165, 1.54) is 35.6 Å². The van der Waals surface area contributed by atoms with Crippen molar-refractivity contribution < 1.29 is 13.9 Å². The Morgan fingerprint density at radius 3 is 2.62 bits per heavy atom. The summed E-state index contributed by atoms with van der Waals surface area (Å²) < 4.78 is 18.2. The highest BCUT2D eigenvalue weighted by molar-refractivity contribution is 7.18. The zero-order chi connectivity index (χ0) is 17.4. The van der Waals surface area contributed by atoms with Gasteiger partial charge in [-0.3, -0.25) is 4.79 Å². The van der Waals surface area contributed by atoms with Gasteiger partial charge in [0.15, 0.2) is 11.9 Å². The van der Waals surface area contributed by atoms with Crippen molar-refractivity contribution in [2.75, 3.05) is 0 Å². The van der Waals surface area contributed by atoms with E-state index in [4.69, 9.17) is 4.74 Å². The van der Waals surface area contributed by atoms with Gasteiger partial charge >= 0.3 is 5.97 Å². The lowest BCUT2D eigenvalue weighted by atomic mass is 10.2. The summed E-state index contributed by atoms with van der Waals surface area (Å²) in [6.07, 6.45) is -0.734. The summed E-state index contributed by atoms with van der Waals surface area (Å²) in [5.41, 5.74) is 0.891. The number of ether oxygens (including phenoxy) is 1. The number of aromatic nitrogens is 2. The summed E-state index contributed by atoms with van der Waals surface area (Å²) in [5, 5.41) is 0.568. The molecule has 2 aromatic heterocycles. The summed E-state index contributed by atoms with van der Waals surface area (Å²) in [5.74, 6) is -0.757. The monoisotopic (exact) mass is 346 g/mol. The van der Waals surface area contributed by atoms with E-state index in [-0.39, 0.29) is 16.9 Å². The maximum atomic E-state index is 12.9. The molecule has 7 heteroatoms. The Morgan fingerprint density at radius 2 is 1.96 bits per heavy atom. The first-order chi connectivity index (χ1) is 11.4. The molecule has 0 spiro atoms. The molecule has 0 aliphatic carbocycles. The lowest BCUT2D eigenvalue weighted by molar-refractivity contribution is 0.0320. The lowest BCUT2D eigenvalue weighted by Crippen LogP contribution is -2.17. The summed E-state index contributed by atoms with van der Waals surface area (Å²) in [4.78, 5) is 33.1. The Bertz CT molecular complexity index is 976. The van der Waals surface area contributed by atoms with Crippen LogP contribution in [0.15, 0.2) is 29.1 Å². The number of halogens is 1. The zero-order valence-electron chi connectivity index (χ0n) is 13.3. The van der Waals surface area contributed by atoms with E-state index in [9.17, 15) is 14.0 Å². The van der Waals surface area contributed by atoms with Gasteiger partial charge in [-0.1, -0.05) is 0 Å². The SMILES string of the molecule is Cc1sc2nc(C(C)OC(=O)c3ccc(F)cc3)[nH]c(=O)c2c1C. The number of aryl methyl sites for hydroxylation is 2. The van der Waals surface area contributed by atoms with Crippen LogP contribution in [-0.2, 0) is 4.74 Å². The van der Waals surface area contributed by atoms with Gasteiger partial charge in [0, 0.05) is 4.88 Å². The third-order valence-electron chi connectivity index (χ3n) is 3.81. The van der Waals surface area contributed by atoms with E-state index < -0.39 is 17.9 Å². The van der Waals surface area contributed by atoms with Gasteiger partial charge in [-0.2, -0.15) is 0 Å². The van der Waals surface area contributed by atoms with E-state index in [1.54, 1.807) is 6.92 Å². The first-order valence-corrected chi connectivity index (χ1v) is 8.15. The Kier molecular flexibility index (Phi) is 4.19. The van der Waals surface area contributed by atoms with Crippen LogP contribution in [0.2, 0.25) is 0 Å². The predicted molar refractivity (Wildman–Crippen MR) is 89.9 cm³/mol. The molecule has 0 radical (unpaired) electrons. The standard InChI is InChI=1S/C17H15FN2O3S/c1-8-10(3)24-16-13(8)15(21)19-14(20-16)9(2)23-17(22)11-4-6-12(18)7-5-11/h4-7,9H,1-3H3,(H,19,20,21). The van der Waals surface area contributed by atoms with Gasteiger partial charge in [0.1, 0.15) is 10.6 Å². The van der Waals surface area contributed by atoms with Crippen LogP contribution in [0.3, 0.4) is 0 Å². The van der Waals surface area contributed by atoms with Crippen molar-refractivity contribution in [3.63, 3.8) is 0 Å². The van der Waals surface area contributed by atoms with Crippen LogP contribution in [0.5, 0.6) is 0 Å². The number of hydrogen-bond acceptors (Lipinski definition) is 5. The number of hydrogen-bond donors (Lipinski definition) is 1. The van der Waals surface area contributed by atoms with Crippen molar-refractivity contribution >= 4 is 27.5 Å². The highest BCUT2D eigenvalue weighted by atomic mass is 32.1. The van der Waals surface area contributed by atoms with E-state index >= 15 is 0 Å². The van der Waals surface area contributed by atoms with Crippen LogP contribution in [0.4, 0.5) is 4.39 Å². The van der Waals surface area contributed by atoms with Crippen LogP contribution < -0.4 is 5.56 Å². The molecule has 3 rings (SSSR count). The van der Waals surface area contributed by atoms with Crippen molar-refractivity contribution in [1.82, 2.24) is 9.97 Å². The molecule has 2 heterocycles. The molecule has 0 fully saturated rings. The first-order valence-electron chi connectivity index (χ1n) is 7.33. The van der Waals surface area contributed by atoms with Gasteiger partial charge in [-0.25, -0.2) is 14.2 Å². The van der Waals surface area contributed by atoms with Gasteiger partial charge in [0.25, 0.3) is 5.56 Å². The predicted octanol–water partition coefficient (Wildman–Crippen LogP) is 3.66. The Morgan fingerprint density at radius 1 is 1.29 bits per heavy atom. The van der Waals surface area contributed by atoms with Crippen molar-refractivity contribution in [3.8, 4) is 0 Å². The molecule has 24 heavy (non-hydrogen) atoms. The zero-order valence-corrected chi connectivity index (χ0v) is 14.2. The molecule has 0 bridgehead atoms. The minimum Gasteiger partial charge on any atom is -0.451 e. The summed E-state index contributed by atoms with van der Waals surface area (Å²) in [6, 6.07) is 5.06. The van der Waals surface area contributed by atoms with Crippen molar-refractivity contribution in [1.29, 1.82) is 0 Å². The van der Waals surface area contributed by atoms with E-state index in [2.05, 4.69) is 9.97 Å². The highest BCUT2D eigenvalue weighted by Gasteiger charge is 2.19. The largest absolute Gasteiger partial charge is 0.451 e. The number of carbonyl (C=O) groups excluding carboxylic acids is 1. The number of thiophene rings is 1. The van der Waals surface area contributed by atoms with Gasteiger partial charge < -0.3 is 9.72 Å². The first kappa shape index (κ1) is 16.3. The molecule has 0 aliphatic heterocycles. The smallest absolute Gasteiger partial charge is 0.338 e. The average molecular weight is 346 g/mol. The van der Waals surface area contributed by atoms with Crippen molar-refractivity contribution in [3.05, 3.63) is 62.3 Å². The molecule has 1 unspecified atom stereocenters. The molecule has 0 amide bonds. The fourth-order valence-electron chi connectivity index (χ4n) is 2.33. The second-order valence-corrected chi connectivity index (χ2v) is 6.67. The Labute approximate surface area is 141 Å². The molecule has 1 N–H and O–H groups in total. The van der Waals surface area contributed by atoms with Crippen LogP contribution in [0, 0.1) is 19.7 Å². The molecule has 5 nitrogen and oxygen atoms in total. The van der Waals surface area contributed by atoms with Gasteiger partial charge in [0.05, 0.1) is 10.9 Å². The fourth-order valence-corrected chi connectivity index (χ4v) is 3.37. The second kappa shape index (κ2) is 6.16. The Hall–Kier alpha value is -2.54. The quantitative estimate of drug-likeness (QED) is 0.735. The van der Waals surface area contributed by atoms with Gasteiger partial charge in [-0.05, 0) is 50.6 Å². The molecular weight excluding hydrogens is 331 g/mol. The number of H-pyrrole nitrogens is 1. The molecule has 124 valence electrons. The topological polar surface area (TPSA) is 72.0 Å². The number of nitrogens with zero attached hydrogens (tertiary/aromatic N) is 1. The third-order valence-corrected chi connectivity index (χ3v) is 4.91. The summed E-state index contributed by atoms with van der Waals surface area (Å²) in [6.45, 7) is 5.43. The van der Waals surface area contributed by atoms with E-state index in [1.807, 2.05) is 13.8 Å². The number of nitrogens with one attached hydrogen (secondary N) is 1. The third kappa shape index (κ3) is 2.94. The van der Waals surface area contributed by atoms with Gasteiger partial charge in [0.2, 0.25) is 0 Å². The van der Waals surface area contributed by atoms with Crippen LogP contribution in [0.1, 0.15) is 39.7 Å². The number of esters is 1. The molecule has 1 aromatic carbocycles. The maximum Gasteiger partial charge on any atom is 0.338 e. The normalized spacial score (nSPS) is 12.3. The molecule has 1 atom stereocenters. The van der Waals surface area contributed by atoms with Crippen molar-refractivity contribution in [2.24, 2.45) is 0 Å². The Balaban J connectivity index is 1.88. The molecule has 0 saturated carbocycles. The summed E-state index contributed by atoms with van der Waals surface area (Å²) >= 11 is 1.43. The number of aromatic amines is 1. The van der Waals surface area contributed by atoms with E-state index in [0.717, 1.165) is 10.4 Å². The van der Waals surface area contributed by atoms with E-state index in [0.29, 0.717) is 10.2 Å². The number of benzene rings is 1. The number of rotatable bonds is 3. The minimum absolute atomic E-state index is 0.231. The lowest BCUT2D eigenvalue weighted by Gasteiger charge is -2.12. The average Bonchev–Trinajstić information content (AvgIpc) is 2.82. The fraction of sp³-hybridized carbons (Fsp3) is 0.235. The molecule has 0 saturated heterocycles. The minimum atomic E-state index is -0.734. The number of fused-ring (bicyclic) bond motifs is 1. The highest BCUT2D eigenvalue weighted by Crippen LogP contribution is 2.27. The van der Waals surface area contributed by atoms with Gasteiger partial charge in [-0.15, -0.1) is 11.3 Å². The maximum absolute atomic E-state index is 12.9. The second-order valence-electron chi connectivity index (χ2n) is 5.47. The van der Waals surface area contributed by atoms with Crippen molar-refractivity contribution in [2.45, 2.75) is 26.9 Å². The molecule has 3 aromatic rings. The summed E-state index contributed by atoms with van der Waals surface area (Å²) in [7, 11) is 0. The van der Waals surface area contributed by atoms with Crippen LogP contribution >= 0.6 is 11.3 Å². The molecular formula is C17H15FN2O3S. The van der Waals surface area contributed by atoms with Crippen LogP contribution in [0.25, 0.3) is 10.2 Å². The van der Waals surface area contributed by atoms with Crippen LogP contribution in [-0.4, -0.2) is 15.9 Å². The number of carbonyl (C=O) groups is 1. The molecule has 0 aliphatic rings.